The van der Waals surface area contributed by atoms with E-state index in [0.717, 1.165) is 37.5 Å². The Kier molecular flexibility index (Phi) is 4.70. The van der Waals surface area contributed by atoms with E-state index in [-0.39, 0.29) is 5.92 Å². The Morgan fingerprint density at radius 3 is 2.71 bits per heavy atom. The average Bonchev–Trinajstić information content (AvgIpc) is 2.54. The van der Waals surface area contributed by atoms with E-state index in [1.54, 1.807) is 0 Å². The van der Waals surface area contributed by atoms with Crippen molar-refractivity contribution >= 4 is 6.29 Å². The zero-order valence-electron chi connectivity index (χ0n) is 11.2. The van der Waals surface area contributed by atoms with Gasteiger partial charge in [0.2, 0.25) is 0 Å². The van der Waals surface area contributed by atoms with Gasteiger partial charge >= 0.3 is 0 Å². The van der Waals surface area contributed by atoms with Gasteiger partial charge in [-0.25, -0.2) is 0 Å². The molecule has 1 N–H and O–H groups in total. The predicted molar refractivity (Wildman–Crippen MR) is 70.7 cm³/mol. The summed E-state index contributed by atoms with van der Waals surface area (Å²) in [6.45, 7) is 9.99. The molecule has 1 aliphatic carbocycles. The van der Waals surface area contributed by atoms with Crippen molar-refractivity contribution < 1.29 is 9.90 Å². The summed E-state index contributed by atoms with van der Waals surface area (Å²) < 4.78 is 0. The first-order chi connectivity index (χ1) is 7.88. The maximum Gasteiger partial charge on any atom is 0.145 e. The van der Waals surface area contributed by atoms with Gasteiger partial charge in [-0.1, -0.05) is 25.2 Å². The molecular weight excluding hydrogens is 212 g/mol. The van der Waals surface area contributed by atoms with Crippen LogP contribution in [-0.2, 0) is 4.79 Å². The van der Waals surface area contributed by atoms with Crippen LogP contribution >= 0.6 is 0 Å². The van der Waals surface area contributed by atoms with Crippen molar-refractivity contribution in [3.8, 4) is 0 Å². The van der Waals surface area contributed by atoms with Gasteiger partial charge in [-0.15, -0.1) is 0 Å². The lowest BCUT2D eigenvalue weighted by Gasteiger charge is -2.26. The molecule has 3 atom stereocenters. The minimum absolute atomic E-state index is 0.283. The highest BCUT2D eigenvalue weighted by Crippen LogP contribution is 2.43. The van der Waals surface area contributed by atoms with E-state index < -0.39 is 5.60 Å². The van der Waals surface area contributed by atoms with Gasteiger partial charge in [0.15, 0.2) is 0 Å². The molecule has 1 rings (SSSR count). The zero-order chi connectivity index (χ0) is 13.1. The number of aliphatic hydroxyl groups is 1. The van der Waals surface area contributed by atoms with Gasteiger partial charge in [0.25, 0.3) is 0 Å². The third kappa shape index (κ3) is 3.53. The summed E-state index contributed by atoms with van der Waals surface area (Å²) in [5.41, 5.74) is 1.46. The smallest absolute Gasteiger partial charge is 0.145 e. The maximum atomic E-state index is 10.5. The lowest BCUT2D eigenvalue weighted by atomic mass is 9.83. The fraction of sp³-hybridized carbons (Fsp3) is 0.667. The van der Waals surface area contributed by atoms with E-state index in [1.165, 1.54) is 5.57 Å². The van der Waals surface area contributed by atoms with Crippen LogP contribution in [0.25, 0.3) is 0 Å². The Labute approximate surface area is 104 Å². The summed E-state index contributed by atoms with van der Waals surface area (Å²) in [4.78, 5) is 10.5. The molecule has 0 bridgehead atoms. The van der Waals surface area contributed by atoms with Gasteiger partial charge in [-0.3, -0.25) is 4.79 Å². The Balaban J connectivity index is 2.47. The Morgan fingerprint density at radius 1 is 1.59 bits per heavy atom. The molecule has 0 aromatic heterocycles. The third-order valence-electron chi connectivity index (χ3n) is 4.19. The third-order valence-corrected chi connectivity index (χ3v) is 4.19. The molecule has 17 heavy (non-hydrogen) atoms. The zero-order valence-corrected chi connectivity index (χ0v) is 11.2. The second kappa shape index (κ2) is 5.63. The maximum absolute atomic E-state index is 10.5. The first-order valence-electron chi connectivity index (χ1n) is 6.40. The molecule has 0 aromatic rings. The Morgan fingerprint density at radius 2 is 2.24 bits per heavy atom. The van der Waals surface area contributed by atoms with Crippen molar-refractivity contribution in [1.29, 1.82) is 0 Å². The number of rotatable bonds is 5. The summed E-state index contributed by atoms with van der Waals surface area (Å²) in [5, 5.41) is 10.1. The van der Waals surface area contributed by atoms with Crippen LogP contribution in [-0.4, -0.2) is 17.0 Å². The lowest BCUT2D eigenvalue weighted by molar-refractivity contribution is -0.104. The Hall–Kier alpha value is -0.890. The van der Waals surface area contributed by atoms with Crippen molar-refractivity contribution in [3.63, 3.8) is 0 Å². The van der Waals surface area contributed by atoms with Crippen molar-refractivity contribution in [2.45, 2.75) is 52.1 Å². The van der Waals surface area contributed by atoms with Gasteiger partial charge in [0.05, 0.1) is 5.60 Å². The van der Waals surface area contributed by atoms with E-state index in [2.05, 4.69) is 13.5 Å². The summed E-state index contributed by atoms with van der Waals surface area (Å²) in [6, 6.07) is 0. The Bertz CT molecular complexity index is 326. The van der Waals surface area contributed by atoms with Crippen LogP contribution in [0.3, 0.4) is 0 Å². The van der Waals surface area contributed by atoms with Crippen molar-refractivity contribution in [1.82, 2.24) is 0 Å². The average molecular weight is 236 g/mol. The highest BCUT2D eigenvalue weighted by atomic mass is 16.3. The van der Waals surface area contributed by atoms with E-state index >= 15 is 0 Å². The topological polar surface area (TPSA) is 37.3 Å². The molecule has 1 saturated carbocycles. The van der Waals surface area contributed by atoms with Crippen LogP contribution in [0.15, 0.2) is 23.8 Å². The van der Waals surface area contributed by atoms with Gasteiger partial charge < -0.3 is 5.11 Å². The summed E-state index contributed by atoms with van der Waals surface area (Å²) in [7, 11) is 0. The largest absolute Gasteiger partial charge is 0.390 e. The molecule has 0 amide bonds. The molecule has 2 nitrogen and oxygen atoms in total. The molecule has 3 unspecified atom stereocenters. The SMILES string of the molecule is C=C(CCC=C(C)C=O)C1CCC(C)(O)C1C. The highest BCUT2D eigenvalue weighted by molar-refractivity contribution is 5.71. The van der Waals surface area contributed by atoms with Gasteiger partial charge in [0.1, 0.15) is 6.29 Å². The normalized spacial score (nSPS) is 33.8. The standard InChI is InChI=1S/C15H24O2/c1-11(10-16)6-5-7-12(2)14-8-9-15(4,17)13(14)3/h6,10,13-14,17H,2,5,7-9H2,1,3-4H3. The minimum atomic E-state index is -0.540. The fourth-order valence-corrected chi connectivity index (χ4v) is 2.64. The first-order valence-corrected chi connectivity index (χ1v) is 6.40. The number of aldehydes is 1. The molecule has 96 valence electrons. The molecule has 0 radical (unpaired) electrons. The fourth-order valence-electron chi connectivity index (χ4n) is 2.64. The number of allylic oxidation sites excluding steroid dienone is 3. The molecule has 1 aliphatic rings. The van der Waals surface area contributed by atoms with Crippen LogP contribution in [0.2, 0.25) is 0 Å². The molecule has 0 saturated heterocycles. The minimum Gasteiger partial charge on any atom is -0.390 e. The molecule has 2 heteroatoms. The second-order valence-electron chi connectivity index (χ2n) is 5.55. The van der Waals surface area contributed by atoms with Crippen molar-refractivity contribution in [2.24, 2.45) is 11.8 Å². The van der Waals surface area contributed by atoms with E-state index in [0.29, 0.717) is 5.92 Å². The van der Waals surface area contributed by atoms with Crippen molar-refractivity contribution in [3.05, 3.63) is 23.8 Å². The molecule has 0 aromatic carbocycles. The van der Waals surface area contributed by atoms with Crippen molar-refractivity contribution in [2.75, 3.05) is 0 Å². The van der Waals surface area contributed by atoms with E-state index in [1.807, 2.05) is 19.9 Å². The van der Waals surface area contributed by atoms with Gasteiger partial charge in [0, 0.05) is 0 Å². The van der Waals surface area contributed by atoms with Crippen LogP contribution in [0, 0.1) is 11.8 Å². The number of hydrogen-bond donors (Lipinski definition) is 1. The van der Waals surface area contributed by atoms with E-state index in [4.69, 9.17) is 0 Å². The first kappa shape index (κ1) is 14.2. The highest BCUT2D eigenvalue weighted by Gasteiger charge is 2.41. The number of hydrogen-bond acceptors (Lipinski definition) is 2. The monoisotopic (exact) mass is 236 g/mol. The van der Waals surface area contributed by atoms with Gasteiger partial charge in [-0.05, 0) is 56.9 Å². The summed E-state index contributed by atoms with van der Waals surface area (Å²) in [6.07, 6.45) is 6.51. The summed E-state index contributed by atoms with van der Waals surface area (Å²) in [5.74, 6) is 0.709. The quantitative estimate of drug-likeness (QED) is 0.452. The van der Waals surface area contributed by atoms with Crippen LogP contribution < -0.4 is 0 Å². The number of carbonyl (C=O) groups is 1. The lowest BCUT2D eigenvalue weighted by Crippen LogP contribution is -2.29. The molecule has 0 aliphatic heterocycles. The molecule has 0 heterocycles. The second-order valence-corrected chi connectivity index (χ2v) is 5.55. The number of carbonyl (C=O) groups excluding carboxylic acids is 1. The molecular formula is C15H24O2. The van der Waals surface area contributed by atoms with Crippen LogP contribution in [0.1, 0.15) is 46.5 Å². The van der Waals surface area contributed by atoms with Crippen LogP contribution in [0.5, 0.6) is 0 Å². The van der Waals surface area contributed by atoms with Gasteiger partial charge in [-0.2, -0.15) is 0 Å². The predicted octanol–water partition coefficient (Wildman–Crippen LogP) is 3.27. The molecule has 1 fully saturated rings. The van der Waals surface area contributed by atoms with E-state index in [9.17, 15) is 9.90 Å². The summed E-state index contributed by atoms with van der Waals surface area (Å²) >= 11 is 0. The molecule has 0 spiro atoms. The van der Waals surface area contributed by atoms with Crippen LogP contribution in [0.4, 0.5) is 0 Å².